The van der Waals surface area contributed by atoms with E-state index < -0.39 is 0 Å². The van der Waals surface area contributed by atoms with Gasteiger partial charge in [0.05, 0.1) is 5.69 Å². The van der Waals surface area contributed by atoms with Crippen LogP contribution in [0.15, 0.2) is 36.7 Å². The van der Waals surface area contributed by atoms with Crippen LogP contribution in [0.2, 0.25) is 0 Å². The quantitative estimate of drug-likeness (QED) is 0.780. The summed E-state index contributed by atoms with van der Waals surface area (Å²) in [5.74, 6) is 0. The van der Waals surface area contributed by atoms with E-state index in [4.69, 9.17) is 18.0 Å². The highest BCUT2D eigenvalue weighted by Crippen LogP contribution is 2.15. The third kappa shape index (κ3) is 1.89. The lowest BCUT2D eigenvalue weighted by Crippen LogP contribution is -2.13. The molecule has 1 aromatic heterocycles. The fourth-order valence-electron chi connectivity index (χ4n) is 1.46. The lowest BCUT2D eigenvalue weighted by Gasteiger charge is -2.08. The van der Waals surface area contributed by atoms with Crippen LogP contribution in [-0.4, -0.2) is 14.8 Å². The van der Waals surface area contributed by atoms with Crippen molar-refractivity contribution >= 4 is 17.2 Å². The maximum absolute atomic E-state index is 5.68. The molecule has 0 aliphatic heterocycles. The number of nitrogens with two attached hydrogens (primary N) is 1. The van der Waals surface area contributed by atoms with Gasteiger partial charge in [0.1, 0.15) is 4.99 Å². The minimum Gasteiger partial charge on any atom is -0.389 e. The molecule has 0 bridgehead atoms. The third-order valence-electron chi connectivity index (χ3n) is 2.17. The van der Waals surface area contributed by atoms with Gasteiger partial charge in [-0.3, -0.25) is 0 Å². The lowest BCUT2D eigenvalue weighted by atomic mass is 10.1. The Balaban J connectivity index is 2.61. The molecule has 0 unspecified atom stereocenters. The minimum absolute atomic E-state index is 0.393. The number of hydrogen-bond acceptors (Lipinski definition) is 2. The number of thiocarbonyl (C=S) groups is 1. The molecule has 0 saturated heterocycles. The zero-order valence-corrected chi connectivity index (χ0v) is 9.16. The van der Waals surface area contributed by atoms with Gasteiger partial charge in [0.15, 0.2) is 0 Å². The van der Waals surface area contributed by atoms with Crippen molar-refractivity contribution in [1.82, 2.24) is 9.78 Å². The molecule has 2 N–H and O–H groups in total. The smallest absolute Gasteiger partial charge is 0.106 e. The van der Waals surface area contributed by atoms with Gasteiger partial charge in [0.2, 0.25) is 0 Å². The molecule has 76 valence electrons. The van der Waals surface area contributed by atoms with Crippen molar-refractivity contribution in [2.45, 2.75) is 6.92 Å². The van der Waals surface area contributed by atoms with Crippen molar-refractivity contribution in [3.8, 4) is 5.69 Å². The van der Waals surface area contributed by atoms with Gasteiger partial charge in [0, 0.05) is 18.0 Å². The van der Waals surface area contributed by atoms with Gasteiger partial charge in [-0.1, -0.05) is 23.8 Å². The molecule has 0 aliphatic rings. The molecule has 2 aromatic rings. The van der Waals surface area contributed by atoms with Crippen LogP contribution in [0, 0.1) is 6.92 Å². The normalized spacial score (nSPS) is 10.2. The van der Waals surface area contributed by atoms with E-state index in [0.29, 0.717) is 4.99 Å². The van der Waals surface area contributed by atoms with Crippen LogP contribution in [0.5, 0.6) is 0 Å². The van der Waals surface area contributed by atoms with Gasteiger partial charge < -0.3 is 5.73 Å². The topological polar surface area (TPSA) is 43.8 Å². The highest BCUT2D eigenvalue weighted by molar-refractivity contribution is 7.80. The first kappa shape index (κ1) is 9.86. The fraction of sp³-hybridized carbons (Fsp3) is 0.0909. The van der Waals surface area contributed by atoms with Crippen molar-refractivity contribution < 1.29 is 0 Å². The van der Waals surface area contributed by atoms with Crippen molar-refractivity contribution in [2.75, 3.05) is 0 Å². The Morgan fingerprint density at radius 3 is 2.87 bits per heavy atom. The molecule has 0 fully saturated rings. The molecule has 1 aromatic carbocycles. The van der Waals surface area contributed by atoms with Crippen molar-refractivity contribution in [1.29, 1.82) is 0 Å². The standard InChI is InChI=1S/C11H11N3S/c1-8-3-4-10(9(7-8)11(12)15)14-6-2-5-13-14/h2-7H,1H3,(H2,12,15). The summed E-state index contributed by atoms with van der Waals surface area (Å²) in [5, 5.41) is 4.16. The number of benzene rings is 1. The Bertz CT molecular complexity index is 489. The van der Waals surface area contributed by atoms with Crippen LogP contribution >= 0.6 is 12.2 Å². The highest BCUT2D eigenvalue weighted by Gasteiger charge is 2.07. The third-order valence-corrected chi connectivity index (χ3v) is 2.39. The molecule has 1 heterocycles. The molecular weight excluding hydrogens is 206 g/mol. The van der Waals surface area contributed by atoms with E-state index in [0.717, 1.165) is 16.8 Å². The van der Waals surface area contributed by atoms with E-state index in [1.54, 1.807) is 10.9 Å². The van der Waals surface area contributed by atoms with E-state index in [-0.39, 0.29) is 0 Å². The maximum atomic E-state index is 5.68. The Kier molecular flexibility index (Phi) is 2.51. The summed E-state index contributed by atoms with van der Waals surface area (Å²) in [6.07, 6.45) is 3.59. The molecule has 0 spiro atoms. The second-order valence-corrected chi connectivity index (χ2v) is 3.78. The van der Waals surface area contributed by atoms with E-state index in [9.17, 15) is 0 Å². The largest absolute Gasteiger partial charge is 0.389 e. The monoisotopic (exact) mass is 217 g/mol. The van der Waals surface area contributed by atoms with Crippen LogP contribution in [0.4, 0.5) is 0 Å². The Morgan fingerprint density at radius 1 is 1.47 bits per heavy atom. The summed E-state index contributed by atoms with van der Waals surface area (Å²) in [7, 11) is 0. The summed E-state index contributed by atoms with van der Waals surface area (Å²) in [4.78, 5) is 0.393. The predicted molar refractivity (Wildman–Crippen MR) is 64.2 cm³/mol. The summed E-state index contributed by atoms with van der Waals surface area (Å²) >= 11 is 5.02. The second-order valence-electron chi connectivity index (χ2n) is 3.34. The average molecular weight is 217 g/mol. The van der Waals surface area contributed by atoms with Gasteiger partial charge in [-0.15, -0.1) is 0 Å². The second kappa shape index (κ2) is 3.82. The Labute approximate surface area is 93.5 Å². The van der Waals surface area contributed by atoms with Gasteiger partial charge in [0.25, 0.3) is 0 Å². The van der Waals surface area contributed by atoms with Crippen LogP contribution in [-0.2, 0) is 0 Å². The fourth-order valence-corrected chi connectivity index (χ4v) is 1.62. The van der Waals surface area contributed by atoms with Crippen LogP contribution in [0.1, 0.15) is 11.1 Å². The first-order valence-corrected chi connectivity index (χ1v) is 5.00. The maximum Gasteiger partial charge on any atom is 0.106 e. The van der Waals surface area contributed by atoms with Gasteiger partial charge in [-0.05, 0) is 25.1 Å². The van der Waals surface area contributed by atoms with Crippen LogP contribution < -0.4 is 5.73 Å². The minimum atomic E-state index is 0.393. The number of nitrogens with zero attached hydrogens (tertiary/aromatic N) is 2. The number of aromatic nitrogens is 2. The predicted octanol–water partition coefficient (Wildman–Crippen LogP) is 1.81. The lowest BCUT2D eigenvalue weighted by molar-refractivity contribution is 0.878. The molecule has 0 radical (unpaired) electrons. The van der Waals surface area contributed by atoms with Crippen LogP contribution in [0.25, 0.3) is 5.69 Å². The van der Waals surface area contributed by atoms with E-state index in [1.807, 2.05) is 37.4 Å². The SMILES string of the molecule is Cc1ccc(-n2cccn2)c(C(N)=S)c1. The molecule has 2 rings (SSSR count). The van der Waals surface area contributed by atoms with E-state index in [1.165, 1.54) is 0 Å². The van der Waals surface area contributed by atoms with E-state index >= 15 is 0 Å². The first-order valence-electron chi connectivity index (χ1n) is 4.59. The molecule has 0 aliphatic carbocycles. The molecule has 4 heteroatoms. The van der Waals surface area contributed by atoms with Crippen molar-refractivity contribution in [3.05, 3.63) is 47.8 Å². The summed E-state index contributed by atoms with van der Waals surface area (Å²) in [5.41, 5.74) is 8.58. The van der Waals surface area contributed by atoms with Gasteiger partial charge in [-0.25, -0.2) is 4.68 Å². The molecule has 0 atom stereocenters. The zero-order chi connectivity index (χ0) is 10.8. The molecule has 0 saturated carbocycles. The zero-order valence-electron chi connectivity index (χ0n) is 8.34. The molecule has 3 nitrogen and oxygen atoms in total. The summed E-state index contributed by atoms with van der Waals surface area (Å²) < 4.78 is 1.76. The van der Waals surface area contributed by atoms with Gasteiger partial charge >= 0.3 is 0 Å². The Hall–Kier alpha value is -1.68. The summed E-state index contributed by atoms with van der Waals surface area (Å²) in [6.45, 7) is 2.01. The summed E-state index contributed by atoms with van der Waals surface area (Å²) in [6, 6.07) is 7.82. The first-order chi connectivity index (χ1) is 7.18. The van der Waals surface area contributed by atoms with Gasteiger partial charge in [-0.2, -0.15) is 5.10 Å². The Morgan fingerprint density at radius 2 is 2.27 bits per heavy atom. The van der Waals surface area contributed by atoms with Crippen molar-refractivity contribution in [2.24, 2.45) is 5.73 Å². The van der Waals surface area contributed by atoms with E-state index in [2.05, 4.69) is 5.10 Å². The molecule has 0 amide bonds. The molecular formula is C11H11N3S. The number of aryl methyl sites for hydroxylation is 1. The van der Waals surface area contributed by atoms with Crippen LogP contribution in [0.3, 0.4) is 0 Å². The number of hydrogen-bond donors (Lipinski definition) is 1. The average Bonchev–Trinajstić information content (AvgIpc) is 2.70. The number of rotatable bonds is 2. The van der Waals surface area contributed by atoms with Crippen molar-refractivity contribution in [3.63, 3.8) is 0 Å². The highest BCUT2D eigenvalue weighted by atomic mass is 32.1. The molecule has 15 heavy (non-hydrogen) atoms.